The zero-order chi connectivity index (χ0) is 63.5. The normalized spacial score (nSPS) is 27.0. The molecule has 2 aliphatic rings. The maximum absolute atomic E-state index is 14.6. The summed E-state index contributed by atoms with van der Waals surface area (Å²) in [5.41, 5.74) is 0.241. The highest BCUT2D eigenvalue weighted by atomic mass is 16.3. The van der Waals surface area contributed by atoms with E-state index in [-0.39, 0.29) is 69.0 Å². The lowest BCUT2D eigenvalue weighted by Gasteiger charge is -2.31. The van der Waals surface area contributed by atoms with Crippen LogP contribution >= 0.6 is 0 Å². The highest BCUT2D eigenvalue weighted by molar-refractivity contribution is 6.02. The van der Waals surface area contributed by atoms with Crippen LogP contribution in [0.2, 0.25) is 0 Å². The Morgan fingerprint density at radius 1 is 0.565 bits per heavy atom. The molecule has 3 rings (SSSR count). The summed E-state index contributed by atoms with van der Waals surface area (Å²) in [6.45, 7) is 15.7. The predicted molar refractivity (Wildman–Crippen MR) is 317 cm³/mol. The summed E-state index contributed by atoms with van der Waals surface area (Å²) >= 11 is 0. The minimum Gasteiger partial charge on any atom is -0.396 e. The van der Waals surface area contributed by atoms with Gasteiger partial charge in [-0.05, 0) is 68.3 Å². The highest BCUT2D eigenvalue weighted by Gasteiger charge is 2.42. The van der Waals surface area contributed by atoms with E-state index in [0.717, 1.165) is 17.7 Å². The molecular weight excluding hydrogens is 1100 g/mol. The topological polar surface area (TPSA) is 372 Å². The van der Waals surface area contributed by atoms with Gasteiger partial charge < -0.3 is 73.4 Å². The molecule has 12 atom stereocenters. The molecule has 11 amide bonds. The number of unbranched alkanes of at least 4 members (excludes halogenated alkanes) is 2. The zero-order valence-electron chi connectivity index (χ0n) is 51.3. The summed E-state index contributed by atoms with van der Waals surface area (Å²) in [7, 11) is 0. The number of nitrogens with zero attached hydrogens (tertiary/aromatic N) is 1. The Bertz CT molecular complexity index is 2440. The third kappa shape index (κ3) is 23.8. The van der Waals surface area contributed by atoms with E-state index in [4.69, 9.17) is 0 Å². The number of aliphatic hydroxyl groups is 3. The number of fused-ring (bicyclic) bond motifs is 1. The van der Waals surface area contributed by atoms with Gasteiger partial charge >= 0.3 is 0 Å². The lowest BCUT2D eigenvalue weighted by molar-refractivity contribution is -0.139. The van der Waals surface area contributed by atoms with E-state index in [1.165, 1.54) is 13.0 Å². The van der Waals surface area contributed by atoms with Crippen molar-refractivity contribution < 1.29 is 68.1 Å². The van der Waals surface area contributed by atoms with Crippen LogP contribution in [-0.2, 0) is 59.2 Å². The molecule has 25 nitrogen and oxygen atoms in total. The van der Waals surface area contributed by atoms with Gasteiger partial charge in [0.15, 0.2) is 0 Å². The zero-order valence-corrected chi connectivity index (χ0v) is 51.3. The van der Waals surface area contributed by atoms with Crippen molar-refractivity contribution in [1.29, 1.82) is 0 Å². The fourth-order valence-electron chi connectivity index (χ4n) is 10.1. The van der Waals surface area contributed by atoms with Crippen LogP contribution in [0.5, 0.6) is 0 Å². The van der Waals surface area contributed by atoms with E-state index >= 15 is 0 Å². The van der Waals surface area contributed by atoms with Crippen LogP contribution in [0.25, 0.3) is 0 Å². The molecule has 0 aromatic heterocycles. The molecule has 1 aromatic rings. The fourth-order valence-corrected chi connectivity index (χ4v) is 10.1. The third-order valence-corrected chi connectivity index (χ3v) is 15.3. The second-order valence-corrected chi connectivity index (χ2v) is 23.3. The van der Waals surface area contributed by atoms with Crippen molar-refractivity contribution in [2.75, 3.05) is 26.3 Å². The molecule has 0 spiro atoms. The third-order valence-electron chi connectivity index (χ3n) is 15.3. The SMILES string of the molecule is CC=C1NC(=O)C(CCO)NC(=O)CC(CCCCC)NC(=O)CNC(=O)C(CC(C)C)NC(=O)C(C(C)CC)NC(=O)C(C(C)CC)NC(=O)C(CC(C)C)NC(=O)C(Cc2ccccc2)NC(=O)C(CCO)NC(=O)C2CC(O)CN2C1=O. The molecule has 1 aromatic carbocycles. The first-order valence-electron chi connectivity index (χ1n) is 30.2. The maximum Gasteiger partial charge on any atom is 0.270 e. The number of amides is 11. The second kappa shape index (κ2) is 36.8. The van der Waals surface area contributed by atoms with E-state index in [1.807, 2.05) is 48.5 Å². The van der Waals surface area contributed by atoms with Crippen molar-refractivity contribution in [3.05, 3.63) is 47.7 Å². The van der Waals surface area contributed by atoms with Gasteiger partial charge in [0.05, 0.1) is 12.6 Å². The Hall–Kier alpha value is -6.99. The number of hydrogen-bond acceptors (Lipinski definition) is 14. The van der Waals surface area contributed by atoms with Crippen molar-refractivity contribution >= 4 is 65.0 Å². The van der Waals surface area contributed by atoms with Crippen LogP contribution in [0.3, 0.4) is 0 Å². The molecule has 25 heteroatoms. The van der Waals surface area contributed by atoms with Gasteiger partial charge in [0.25, 0.3) is 5.91 Å². The Kier molecular flexibility index (Phi) is 31.3. The van der Waals surface area contributed by atoms with Crippen molar-refractivity contribution in [3.8, 4) is 0 Å². The van der Waals surface area contributed by atoms with E-state index in [2.05, 4.69) is 53.2 Å². The second-order valence-electron chi connectivity index (χ2n) is 23.3. The van der Waals surface area contributed by atoms with Crippen LogP contribution in [-0.4, -0.2) is 172 Å². The standard InChI is InChI=1S/C60H97N11O14/c1-11-15-17-22-39-30-48(75)63-42(23-25-72)53(78)64-41(14-4)60(85)71-33-40(74)31-47(71)57(82)65-43(24-26-73)54(79)67-46(29-38-20-18-16-19-21-38)55(80)66-45(28-35(7)8)56(81)69-51(37(10)13-3)59(84)70-50(36(9)12-2)58(83)68-44(27-34(5)6)52(77)61-32-49(76)62-39/h14,16,18-21,34-37,39-40,42-47,50-51,72-74H,11-13,15,17,22-33H2,1-10H3,(H,61,77)(H,62,76)(H,63,75)(H,64,78)(H,65,82)(H,66,80)(H,67,79)(H,68,83)(H,69,81)(H,70,84). The highest BCUT2D eigenvalue weighted by Crippen LogP contribution is 2.22. The first kappa shape index (κ1) is 72.3. The maximum atomic E-state index is 14.6. The van der Waals surface area contributed by atoms with Crippen molar-refractivity contribution in [2.24, 2.45) is 23.7 Å². The number of hydrogen-bond donors (Lipinski definition) is 13. The number of allylic oxidation sites excluding steroid dienone is 1. The molecule has 85 heavy (non-hydrogen) atoms. The largest absolute Gasteiger partial charge is 0.396 e. The quantitative estimate of drug-likeness (QED) is 0.0687. The summed E-state index contributed by atoms with van der Waals surface area (Å²) in [4.78, 5) is 157. The molecular formula is C60H97N11O14. The van der Waals surface area contributed by atoms with Gasteiger partial charge in [-0.3, -0.25) is 52.7 Å². The summed E-state index contributed by atoms with van der Waals surface area (Å²) in [6, 6.07) is -2.83. The summed E-state index contributed by atoms with van der Waals surface area (Å²) in [5, 5.41) is 57.9. The minimum absolute atomic E-state index is 0.0703. The molecule has 2 heterocycles. The fraction of sp³-hybridized carbons (Fsp3) is 0.683. The number of aliphatic hydroxyl groups excluding tert-OH is 3. The molecule has 0 bridgehead atoms. The first-order valence-corrected chi connectivity index (χ1v) is 30.2. The van der Waals surface area contributed by atoms with Crippen molar-refractivity contribution in [2.45, 2.75) is 213 Å². The van der Waals surface area contributed by atoms with Gasteiger partial charge in [-0.2, -0.15) is 0 Å². The molecule has 0 radical (unpaired) electrons. The Morgan fingerprint density at radius 3 is 1.62 bits per heavy atom. The van der Waals surface area contributed by atoms with Crippen molar-refractivity contribution in [1.82, 2.24) is 58.1 Å². The Balaban J connectivity index is 2.17. The monoisotopic (exact) mass is 1200 g/mol. The number of carbonyl (C=O) groups excluding carboxylic acids is 11. The average Bonchev–Trinajstić information content (AvgIpc) is 3.93. The molecule has 13 N–H and O–H groups in total. The molecule has 12 unspecified atom stereocenters. The van der Waals surface area contributed by atoms with Crippen LogP contribution in [0.1, 0.15) is 152 Å². The smallest absolute Gasteiger partial charge is 0.270 e. The minimum atomic E-state index is -1.52. The van der Waals surface area contributed by atoms with E-state index in [1.54, 1.807) is 44.2 Å². The molecule has 2 saturated heterocycles. The van der Waals surface area contributed by atoms with Gasteiger partial charge in [-0.15, -0.1) is 0 Å². The van der Waals surface area contributed by atoms with Crippen LogP contribution in [0.15, 0.2) is 42.1 Å². The number of carbonyl (C=O) groups is 11. The van der Waals surface area contributed by atoms with E-state index in [0.29, 0.717) is 31.2 Å². The van der Waals surface area contributed by atoms with Crippen LogP contribution in [0, 0.1) is 23.7 Å². The van der Waals surface area contributed by atoms with Gasteiger partial charge in [0, 0.05) is 45.1 Å². The van der Waals surface area contributed by atoms with Crippen LogP contribution in [0.4, 0.5) is 0 Å². The van der Waals surface area contributed by atoms with Gasteiger partial charge in [0.1, 0.15) is 54.0 Å². The van der Waals surface area contributed by atoms with Gasteiger partial charge in [0.2, 0.25) is 59.1 Å². The molecule has 0 saturated carbocycles. The molecule has 2 fully saturated rings. The molecule has 476 valence electrons. The van der Waals surface area contributed by atoms with Crippen molar-refractivity contribution in [3.63, 3.8) is 0 Å². The Morgan fingerprint density at radius 2 is 1.07 bits per heavy atom. The van der Waals surface area contributed by atoms with Crippen LogP contribution < -0.4 is 53.2 Å². The van der Waals surface area contributed by atoms with E-state index in [9.17, 15) is 68.1 Å². The molecule has 2 aliphatic heterocycles. The summed E-state index contributed by atoms with van der Waals surface area (Å²) in [6.07, 6.45) is 2.09. The number of rotatable bonds is 18. The summed E-state index contributed by atoms with van der Waals surface area (Å²) in [5.74, 6) is -10.0. The first-order chi connectivity index (χ1) is 40.3. The Labute approximate surface area is 500 Å². The average molecular weight is 1200 g/mol. The number of nitrogens with one attached hydrogen (secondary N) is 10. The lowest BCUT2D eigenvalue weighted by Crippen LogP contribution is -2.62. The summed E-state index contributed by atoms with van der Waals surface area (Å²) < 4.78 is 0. The lowest BCUT2D eigenvalue weighted by atomic mass is 9.93. The number of benzene rings is 1. The molecule has 0 aliphatic carbocycles. The van der Waals surface area contributed by atoms with Gasteiger partial charge in [-0.1, -0.05) is 131 Å². The predicted octanol–water partition coefficient (Wildman–Crippen LogP) is 0.139. The van der Waals surface area contributed by atoms with Gasteiger partial charge in [-0.25, -0.2) is 0 Å². The van der Waals surface area contributed by atoms with E-state index < -0.39 is 157 Å².